The molecule has 0 saturated carbocycles. The molecule has 0 radical (unpaired) electrons. The second-order valence-electron chi connectivity index (χ2n) is 4.36. The number of nitrogens with zero attached hydrogens (tertiary/aromatic N) is 1. The third kappa shape index (κ3) is 2.25. The lowest BCUT2D eigenvalue weighted by atomic mass is 10.00. The van der Waals surface area contributed by atoms with Crippen LogP contribution in [0.5, 0.6) is 0 Å². The van der Waals surface area contributed by atoms with E-state index in [1.165, 1.54) is 0 Å². The summed E-state index contributed by atoms with van der Waals surface area (Å²) in [4.78, 5) is 13.9. The Morgan fingerprint density at radius 1 is 1.44 bits per heavy atom. The number of benzene rings is 1. The maximum atomic E-state index is 12.1. The highest BCUT2D eigenvalue weighted by atomic mass is 16.3. The molecule has 1 amide bonds. The van der Waals surface area contributed by atoms with Crippen LogP contribution in [0.25, 0.3) is 0 Å². The third-order valence-electron chi connectivity index (χ3n) is 3.15. The molecule has 2 rings (SSSR count). The van der Waals surface area contributed by atoms with Gasteiger partial charge >= 0.3 is 0 Å². The van der Waals surface area contributed by atoms with Crippen molar-refractivity contribution >= 4 is 5.91 Å². The zero-order chi connectivity index (χ0) is 11.5. The Labute approximate surface area is 95.7 Å². The number of aliphatic hydroxyl groups is 1. The maximum Gasteiger partial charge on any atom is 0.229 e. The summed E-state index contributed by atoms with van der Waals surface area (Å²) in [5, 5.41) is 9.41. The van der Waals surface area contributed by atoms with Crippen molar-refractivity contribution in [1.29, 1.82) is 0 Å². The molecule has 0 spiro atoms. The molecule has 1 heterocycles. The van der Waals surface area contributed by atoms with Crippen molar-refractivity contribution in [3.63, 3.8) is 0 Å². The monoisotopic (exact) mass is 219 g/mol. The average Bonchev–Trinajstić information content (AvgIpc) is 2.75. The number of rotatable bonds is 2. The molecule has 0 unspecified atom stereocenters. The first-order valence-corrected chi connectivity index (χ1v) is 5.70. The SMILES string of the molecule is C[C@H](C(=O)N1CC[C@H](O)C1)c1ccccc1. The molecule has 1 fully saturated rings. The Hall–Kier alpha value is -1.35. The second kappa shape index (κ2) is 4.66. The van der Waals surface area contributed by atoms with Gasteiger partial charge < -0.3 is 10.0 Å². The van der Waals surface area contributed by atoms with Gasteiger partial charge in [0.05, 0.1) is 12.0 Å². The fourth-order valence-electron chi connectivity index (χ4n) is 2.10. The Morgan fingerprint density at radius 3 is 2.69 bits per heavy atom. The summed E-state index contributed by atoms with van der Waals surface area (Å²) in [7, 11) is 0. The predicted octanol–water partition coefficient (Wildman–Crippen LogP) is 1.38. The highest BCUT2D eigenvalue weighted by Crippen LogP contribution is 2.20. The molecule has 86 valence electrons. The van der Waals surface area contributed by atoms with Crippen LogP contribution in [0.3, 0.4) is 0 Å². The maximum absolute atomic E-state index is 12.1. The zero-order valence-electron chi connectivity index (χ0n) is 9.47. The topological polar surface area (TPSA) is 40.5 Å². The van der Waals surface area contributed by atoms with Gasteiger partial charge in [0.15, 0.2) is 0 Å². The molecule has 3 nitrogen and oxygen atoms in total. The standard InChI is InChI=1S/C13H17NO2/c1-10(11-5-3-2-4-6-11)13(16)14-8-7-12(15)9-14/h2-6,10,12,15H,7-9H2,1H3/t10-,12-/m0/s1. The lowest BCUT2D eigenvalue weighted by Gasteiger charge is -2.20. The van der Waals surface area contributed by atoms with Gasteiger partial charge in [0.1, 0.15) is 0 Å². The van der Waals surface area contributed by atoms with Crippen LogP contribution in [0.1, 0.15) is 24.8 Å². The van der Waals surface area contributed by atoms with Gasteiger partial charge in [0.25, 0.3) is 0 Å². The van der Waals surface area contributed by atoms with Crippen LogP contribution in [0, 0.1) is 0 Å². The van der Waals surface area contributed by atoms with E-state index in [0.717, 1.165) is 5.56 Å². The lowest BCUT2D eigenvalue weighted by Crippen LogP contribution is -2.32. The number of aliphatic hydroxyl groups excluding tert-OH is 1. The predicted molar refractivity (Wildman–Crippen MR) is 62.1 cm³/mol. The van der Waals surface area contributed by atoms with E-state index in [1.54, 1.807) is 4.90 Å². The number of carbonyl (C=O) groups is 1. The van der Waals surface area contributed by atoms with Gasteiger partial charge in [-0.3, -0.25) is 4.79 Å². The van der Waals surface area contributed by atoms with E-state index in [9.17, 15) is 9.90 Å². The highest BCUT2D eigenvalue weighted by molar-refractivity contribution is 5.83. The van der Waals surface area contributed by atoms with Crippen LogP contribution in [-0.4, -0.2) is 35.1 Å². The molecule has 1 aliphatic heterocycles. The van der Waals surface area contributed by atoms with E-state index in [0.29, 0.717) is 19.5 Å². The molecule has 3 heteroatoms. The smallest absolute Gasteiger partial charge is 0.229 e. The first-order valence-electron chi connectivity index (χ1n) is 5.70. The molecule has 16 heavy (non-hydrogen) atoms. The molecule has 1 saturated heterocycles. The van der Waals surface area contributed by atoms with Crippen molar-refractivity contribution < 1.29 is 9.90 Å². The Kier molecular flexibility index (Phi) is 3.25. The van der Waals surface area contributed by atoms with Crippen molar-refractivity contribution in [1.82, 2.24) is 4.90 Å². The molecule has 0 bridgehead atoms. The first-order chi connectivity index (χ1) is 7.68. The Balaban J connectivity index is 2.05. The largest absolute Gasteiger partial charge is 0.391 e. The first kappa shape index (κ1) is 11.1. The summed E-state index contributed by atoms with van der Waals surface area (Å²) in [5.74, 6) is -0.00532. The van der Waals surface area contributed by atoms with Crippen molar-refractivity contribution in [2.24, 2.45) is 0 Å². The van der Waals surface area contributed by atoms with Crippen LogP contribution in [0.4, 0.5) is 0 Å². The van der Waals surface area contributed by atoms with E-state index >= 15 is 0 Å². The van der Waals surface area contributed by atoms with Gasteiger partial charge in [-0.25, -0.2) is 0 Å². The minimum absolute atomic E-state index is 0.114. The second-order valence-corrected chi connectivity index (χ2v) is 4.36. The number of β-amino-alcohol motifs (C(OH)–C–C–N with tert-alkyl or cyclic N) is 1. The van der Waals surface area contributed by atoms with Gasteiger partial charge in [0, 0.05) is 13.1 Å². The number of hydrogen-bond acceptors (Lipinski definition) is 2. The van der Waals surface area contributed by atoms with Gasteiger partial charge in [0.2, 0.25) is 5.91 Å². The Bertz CT molecular complexity index is 363. The fraction of sp³-hybridized carbons (Fsp3) is 0.462. The molecule has 0 aliphatic carbocycles. The van der Waals surface area contributed by atoms with E-state index in [2.05, 4.69) is 0 Å². The van der Waals surface area contributed by atoms with Crippen molar-refractivity contribution in [2.45, 2.75) is 25.4 Å². The molecule has 0 aromatic heterocycles. The molecule has 1 N–H and O–H groups in total. The van der Waals surface area contributed by atoms with Gasteiger partial charge in [-0.1, -0.05) is 30.3 Å². The van der Waals surface area contributed by atoms with Gasteiger partial charge in [-0.15, -0.1) is 0 Å². The summed E-state index contributed by atoms with van der Waals surface area (Å²) in [5.41, 5.74) is 1.04. The number of likely N-dealkylation sites (tertiary alicyclic amines) is 1. The summed E-state index contributed by atoms with van der Waals surface area (Å²) >= 11 is 0. The minimum Gasteiger partial charge on any atom is -0.391 e. The number of amides is 1. The van der Waals surface area contributed by atoms with E-state index in [-0.39, 0.29) is 17.9 Å². The zero-order valence-corrected chi connectivity index (χ0v) is 9.47. The summed E-state index contributed by atoms with van der Waals surface area (Å²) in [6.45, 7) is 3.08. The fourth-order valence-corrected chi connectivity index (χ4v) is 2.10. The van der Waals surface area contributed by atoms with Crippen LogP contribution in [0.2, 0.25) is 0 Å². The van der Waals surface area contributed by atoms with Crippen LogP contribution in [0.15, 0.2) is 30.3 Å². The van der Waals surface area contributed by atoms with Crippen LogP contribution in [-0.2, 0) is 4.79 Å². The Morgan fingerprint density at radius 2 is 2.12 bits per heavy atom. The number of hydrogen-bond donors (Lipinski definition) is 1. The quantitative estimate of drug-likeness (QED) is 0.816. The van der Waals surface area contributed by atoms with Crippen LogP contribution < -0.4 is 0 Å². The van der Waals surface area contributed by atoms with Gasteiger partial charge in [-0.2, -0.15) is 0 Å². The molecular formula is C13H17NO2. The molecular weight excluding hydrogens is 202 g/mol. The number of carbonyl (C=O) groups excluding carboxylic acids is 1. The minimum atomic E-state index is -0.341. The summed E-state index contributed by atoms with van der Waals surface area (Å²) in [6, 6.07) is 9.76. The van der Waals surface area contributed by atoms with Crippen LogP contribution >= 0.6 is 0 Å². The average molecular weight is 219 g/mol. The molecule has 1 aromatic carbocycles. The lowest BCUT2D eigenvalue weighted by molar-refractivity contribution is -0.131. The molecule has 1 aromatic rings. The third-order valence-corrected chi connectivity index (χ3v) is 3.15. The van der Waals surface area contributed by atoms with Gasteiger partial charge in [-0.05, 0) is 18.9 Å². The summed E-state index contributed by atoms with van der Waals surface area (Å²) in [6.07, 6.45) is 0.361. The molecule has 2 atom stereocenters. The van der Waals surface area contributed by atoms with Crippen molar-refractivity contribution in [2.75, 3.05) is 13.1 Å². The van der Waals surface area contributed by atoms with E-state index in [4.69, 9.17) is 0 Å². The van der Waals surface area contributed by atoms with Crippen molar-refractivity contribution in [3.05, 3.63) is 35.9 Å². The van der Waals surface area contributed by atoms with Crippen molar-refractivity contribution in [3.8, 4) is 0 Å². The molecule has 1 aliphatic rings. The highest BCUT2D eigenvalue weighted by Gasteiger charge is 2.28. The van der Waals surface area contributed by atoms with E-state index in [1.807, 2.05) is 37.3 Å². The van der Waals surface area contributed by atoms with E-state index < -0.39 is 0 Å². The summed E-state index contributed by atoms with van der Waals surface area (Å²) < 4.78 is 0. The normalized spacial score (nSPS) is 22.1.